The summed E-state index contributed by atoms with van der Waals surface area (Å²) in [6, 6.07) is 13.2. The lowest BCUT2D eigenvalue weighted by Gasteiger charge is -2.41. The lowest BCUT2D eigenvalue weighted by atomic mass is 9.97. The molecule has 1 unspecified atom stereocenters. The minimum absolute atomic E-state index is 0.0395. The molecule has 0 saturated carbocycles. The van der Waals surface area contributed by atoms with Crippen LogP contribution >= 0.6 is 0 Å². The number of carboxylic acid groups (broad SMARTS) is 1. The number of hydrogen-bond acceptors (Lipinski definition) is 6. The molecule has 11 heteroatoms. The zero-order valence-corrected chi connectivity index (χ0v) is 20.8. The Morgan fingerprint density at radius 1 is 1.11 bits per heavy atom. The quantitative estimate of drug-likeness (QED) is 0.403. The van der Waals surface area contributed by atoms with E-state index in [1.807, 2.05) is 0 Å². The van der Waals surface area contributed by atoms with Gasteiger partial charge < -0.3 is 30.7 Å². The van der Waals surface area contributed by atoms with E-state index in [0.29, 0.717) is 17.0 Å². The molecular formula is C26H30N4O7. The van der Waals surface area contributed by atoms with Crippen LogP contribution in [0.4, 0.5) is 5.69 Å². The van der Waals surface area contributed by atoms with Crippen molar-refractivity contribution in [1.82, 2.24) is 10.2 Å². The maximum absolute atomic E-state index is 14.0. The summed E-state index contributed by atoms with van der Waals surface area (Å²) in [5, 5.41) is 11.4. The highest BCUT2D eigenvalue weighted by Gasteiger charge is 2.52. The van der Waals surface area contributed by atoms with E-state index in [4.69, 9.17) is 15.6 Å². The van der Waals surface area contributed by atoms with E-state index < -0.39 is 47.3 Å². The average Bonchev–Trinajstić information content (AvgIpc) is 2.87. The first-order chi connectivity index (χ1) is 17.5. The molecule has 0 aromatic heterocycles. The number of aliphatic carboxylic acids is 1. The Balaban J connectivity index is 1.93. The Bertz CT molecular complexity index is 1200. The number of carboxylic acids is 1. The lowest BCUT2D eigenvalue weighted by Crippen LogP contribution is -2.64. The molecule has 0 spiro atoms. The first-order valence-corrected chi connectivity index (χ1v) is 11.7. The second-order valence-corrected chi connectivity index (χ2v) is 8.96. The molecule has 1 aliphatic heterocycles. The van der Waals surface area contributed by atoms with Crippen LogP contribution in [0.2, 0.25) is 0 Å². The number of benzene rings is 2. The van der Waals surface area contributed by atoms with Crippen LogP contribution in [0.25, 0.3) is 0 Å². The van der Waals surface area contributed by atoms with E-state index >= 15 is 0 Å². The van der Waals surface area contributed by atoms with Crippen LogP contribution in [0.5, 0.6) is 5.75 Å². The molecule has 0 aliphatic carbocycles. The van der Waals surface area contributed by atoms with Crippen molar-refractivity contribution in [3.63, 3.8) is 0 Å². The highest BCUT2D eigenvalue weighted by molar-refractivity contribution is 6.16. The summed E-state index contributed by atoms with van der Waals surface area (Å²) < 4.78 is 5.94. The summed E-state index contributed by atoms with van der Waals surface area (Å²) in [5.41, 5.74) is 4.57. The maximum atomic E-state index is 14.0. The highest BCUT2D eigenvalue weighted by Crippen LogP contribution is 2.37. The summed E-state index contributed by atoms with van der Waals surface area (Å²) in [5.74, 6) is -3.83. The summed E-state index contributed by atoms with van der Waals surface area (Å²) >= 11 is 0. The zero-order chi connectivity index (χ0) is 27.3. The number of anilines is 1. The molecule has 0 fully saturated rings. The minimum Gasteiger partial charge on any atom is -0.481 e. The van der Waals surface area contributed by atoms with E-state index in [1.165, 1.54) is 30.7 Å². The van der Waals surface area contributed by atoms with Crippen LogP contribution in [-0.2, 0) is 30.5 Å². The van der Waals surface area contributed by atoms with Crippen molar-refractivity contribution in [1.29, 1.82) is 0 Å². The van der Waals surface area contributed by atoms with Crippen molar-refractivity contribution in [3.8, 4) is 5.75 Å². The van der Waals surface area contributed by atoms with Crippen molar-refractivity contribution in [2.45, 2.75) is 50.9 Å². The van der Waals surface area contributed by atoms with Crippen LogP contribution in [0.3, 0.4) is 0 Å². The van der Waals surface area contributed by atoms with Crippen LogP contribution in [0.15, 0.2) is 54.6 Å². The summed E-state index contributed by atoms with van der Waals surface area (Å²) in [6.45, 7) is 2.76. The Kier molecular flexibility index (Phi) is 8.16. The van der Waals surface area contributed by atoms with Gasteiger partial charge in [0.1, 0.15) is 17.8 Å². The fourth-order valence-electron chi connectivity index (χ4n) is 4.07. The van der Waals surface area contributed by atoms with Gasteiger partial charge in [-0.1, -0.05) is 42.5 Å². The number of nitrogens with two attached hydrogens (primary N) is 1. The number of nitrogens with zero attached hydrogens (tertiary/aromatic N) is 2. The van der Waals surface area contributed by atoms with Crippen molar-refractivity contribution in [2.24, 2.45) is 5.73 Å². The Morgan fingerprint density at radius 2 is 1.73 bits per heavy atom. The number of rotatable bonds is 10. The van der Waals surface area contributed by atoms with E-state index in [2.05, 4.69) is 5.32 Å². The van der Waals surface area contributed by atoms with Gasteiger partial charge in [-0.15, -0.1) is 0 Å². The fraction of sp³-hybridized carbons (Fsp3) is 0.346. The molecule has 196 valence electrons. The van der Waals surface area contributed by atoms with Crippen LogP contribution < -0.4 is 20.7 Å². The minimum atomic E-state index is -1.97. The smallest absolute Gasteiger partial charge is 0.303 e. The van der Waals surface area contributed by atoms with E-state index in [0.717, 1.165) is 0 Å². The molecular weight excluding hydrogens is 480 g/mol. The monoisotopic (exact) mass is 510 g/mol. The number of likely N-dealkylation sites (N-methyl/N-ethyl adjacent to an activating group) is 1. The van der Waals surface area contributed by atoms with Crippen molar-refractivity contribution in [2.75, 3.05) is 11.9 Å². The molecule has 0 saturated heterocycles. The third kappa shape index (κ3) is 5.88. The topological polar surface area (TPSA) is 159 Å². The zero-order valence-electron chi connectivity index (χ0n) is 20.8. The molecule has 0 bridgehead atoms. The first kappa shape index (κ1) is 27.2. The van der Waals surface area contributed by atoms with Crippen LogP contribution in [0.1, 0.15) is 32.3 Å². The van der Waals surface area contributed by atoms with Gasteiger partial charge in [0, 0.05) is 20.0 Å². The average molecular weight is 511 g/mol. The molecule has 4 N–H and O–H groups in total. The van der Waals surface area contributed by atoms with Gasteiger partial charge in [-0.25, -0.2) is 0 Å². The number of carbonyl (C=O) groups excluding carboxylic acids is 4. The fourth-order valence-corrected chi connectivity index (χ4v) is 4.07. The largest absolute Gasteiger partial charge is 0.481 e. The second-order valence-electron chi connectivity index (χ2n) is 8.96. The second kappa shape index (κ2) is 11.1. The van der Waals surface area contributed by atoms with Gasteiger partial charge in [0.05, 0.1) is 5.69 Å². The first-order valence-electron chi connectivity index (χ1n) is 11.7. The van der Waals surface area contributed by atoms with E-state index in [9.17, 15) is 24.0 Å². The number of amides is 4. The van der Waals surface area contributed by atoms with Crippen molar-refractivity contribution < 1.29 is 33.8 Å². The van der Waals surface area contributed by atoms with E-state index in [-0.39, 0.29) is 19.4 Å². The Morgan fingerprint density at radius 3 is 2.35 bits per heavy atom. The number of primary amides is 1. The summed E-state index contributed by atoms with van der Waals surface area (Å²) in [7, 11) is 1.53. The van der Waals surface area contributed by atoms with Gasteiger partial charge in [-0.05, 0) is 38.0 Å². The number of fused-ring (bicyclic) bond motifs is 1. The summed E-state index contributed by atoms with van der Waals surface area (Å²) in [4.78, 5) is 65.8. The molecule has 2 aromatic carbocycles. The predicted molar refractivity (Wildman–Crippen MR) is 133 cm³/mol. The SMILES string of the molecule is C[C@@H](C(=O)N[C@H](CCC(=O)O)C(N)=O)N(Cc1ccccc1)C(=O)C1(C)Oc2ccccc2N(C)C1=O. The normalized spacial score (nSPS) is 18.1. The number of para-hydroxylation sites is 2. The lowest BCUT2D eigenvalue weighted by molar-refractivity contribution is -0.160. The van der Waals surface area contributed by atoms with Gasteiger partial charge in [-0.2, -0.15) is 0 Å². The predicted octanol–water partition coefficient (Wildman–Crippen LogP) is 1.05. The number of hydrogen-bond donors (Lipinski definition) is 3. The van der Waals surface area contributed by atoms with Crippen LogP contribution in [-0.4, -0.2) is 64.3 Å². The molecule has 3 atom stereocenters. The highest BCUT2D eigenvalue weighted by atomic mass is 16.5. The van der Waals surface area contributed by atoms with Crippen molar-refractivity contribution in [3.05, 3.63) is 60.2 Å². The number of carbonyl (C=O) groups is 5. The van der Waals surface area contributed by atoms with Gasteiger partial charge in [0.25, 0.3) is 17.4 Å². The van der Waals surface area contributed by atoms with Crippen molar-refractivity contribution >= 4 is 35.3 Å². The van der Waals surface area contributed by atoms with Gasteiger partial charge in [0.2, 0.25) is 11.8 Å². The molecule has 37 heavy (non-hydrogen) atoms. The third-order valence-electron chi connectivity index (χ3n) is 6.27. The molecule has 2 aromatic rings. The van der Waals surface area contributed by atoms with Crippen LogP contribution in [0, 0.1) is 0 Å². The molecule has 0 radical (unpaired) electrons. The molecule has 3 rings (SSSR count). The number of ether oxygens (including phenoxy) is 1. The van der Waals surface area contributed by atoms with E-state index in [1.54, 1.807) is 54.6 Å². The third-order valence-corrected chi connectivity index (χ3v) is 6.27. The Labute approximate surface area is 214 Å². The summed E-state index contributed by atoms with van der Waals surface area (Å²) in [6.07, 6.45) is -0.599. The standard InChI is InChI=1S/C26H30N4O7/c1-16(23(34)28-18(22(27)33)13-14-21(31)32)30(15-17-9-5-4-6-10-17)25(36)26(2)24(35)29(3)19-11-7-8-12-20(19)37-26/h4-12,16,18H,13-15H2,1-3H3,(H2,27,33)(H,28,34)(H,31,32)/t16-,18+,26?/m0/s1. The molecule has 11 nitrogen and oxygen atoms in total. The van der Waals surface area contributed by atoms with Gasteiger partial charge in [0.15, 0.2) is 0 Å². The number of nitrogens with one attached hydrogen (secondary N) is 1. The Hall–Kier alpha value is -4.41. The molecule has 1 heterocycles. The molecule has 4 amide bonds. The maximum Gasteiger partial charge on any atom is 0.303 e. The molecule has 1 aliphatic rings. The van der Waals surface area contributed by atoms with Gasteiger partial charge >= 0.3 is 5.97 Å². The van der Waals surface area contributed by atoms with Gasteiger partial charge in [-0.3, -0.25) is 24.0 Å².